The molecular weight excluding hydrogens is 244 g/mol. The topological polar surface area (TPSA) is 15.3 Å². The van der Waals surface area contributed by atoms with Gasteiger partial charge in [-0.05, 0) is 64.8 Å². The molecule has 2 rings (SSSR count). The lowest BCUT2D eigenvalue weighted by Crippen LogP contribution is -2.48. The van der Waals surface area contributed by atoms with Crippen molar-refractivity contribution in [3.05, 3.63) is 0 Å². The van der Waals surface area contributed by atoms with E-state index in [1.807, 2.05) is 0 Å². The van der Waals surface area contributed by atoms with Crippen LogP contribution in [-0.4, -0.2) is 37.1 Å². The highest BCUT2D eigenvalue weighted by Gasteiger charge is 2.34. The molecule has 2 heteroatoms. The molecule has 2 aliphatic rings. The van der Waals surface area contributed by atoms with Gasteiger partial charge in [-0.3, -0.25) is 0 Å². The van der Waals surface area contributed by atoms with Crippen LogP contribution in [0.15, 0.2) is 0 Å². The van der Waals surface area contributed by atoms with E-state index in [1.165, 1.54) is 71.0 Å². The van der Waals surface area contributed by atoms with Crippen molar-refractivity contribution >= 4 is 0 Å². The van der Waals surface area contributed by atoms with Gasteiger partial charge in [-0.25, -0.2) is 0 Å². The molecule has 118 valence electrons. The van der Waals surface area contributed by atoms with Gasteiger partial charge < -0.3 is 10.2 Å². The summed E-state index contributed by atoms with van der Waals surface area (Å²) in [4.78, 5) is 2.63. The molecule has 1 N–H and O–H groups in total. The molecule has 0 heterocycles. The van der Waals surface area contributed by atoms with Gasteiger partial charge in [-0.2, -0.15) is 0 Å². The first-order valence-electron chi connectivity index (χ1n) is 8.82. The van der Waals surface area contributed by atoms with Gasteiger partial charge in [0.25, 0.3) is 0 Å². The van der Waals surface area contributed by atoms with Crippen molar-refractivity contribution < 1.29 is 0 Å². The molecule has 0 spiro atoms. The largest absolute Gasteiger partial charge is 0.311 e. The quantitative estimate of drug-likeness (QED) is 0.738. The highest BCUT2D eigenvalue weighted by Crippen LogP contribution is 2.37. The minimum absolute atomic E-state index is 0.244. The molecule has 0 aliphatic heterocycles. The van der Waals surface area contributed by atoms with Gasteiger partial charge in [0.05, 0.1) is 0 Å². The van der Waals surface area contributed by atoms with Gasteiger partial charge in [0.15, 0.2) is 0 Å². The van der Waals surface area contributed by atoms with Crippen LogP contribution in [0.2, 0.25) is 0 Å². The molecule has 0 unspecified atom stereocenters. The zero-order valence-corrected chi connectivity index (χ0v) is 14.3. The van der Waals surface area contributed by atoms with Crippen molar-refractivity contribution in [3.8, 4) is 0 Å². The monoisotopic (exact) mass is 280 g/mol. The number of rotatable bonds is 6. The summed E-state index contributed by atoms with van der Waals surface area (Å²) < 4.78 is 0. The predicted molar refractivity (Wildman–Crippen MR) is 88.1 cm³/mol. The summed E-state index contributed by atoms with van der Waals surface area (Å²) in [5.41, 5.74) is 0.766. The second kappa shape index (κ2) is 6.79. The third kappa shape index (κ3) is 5.73. The number of nitrogens with one attached hydrogen (secondary N) is 1. The number of hydrogen-bond acceptors (Lipinski definition) is 2. The molecule has 2 fully saturated rings. The summed E-state index contributed by atoms with van der Waals surface area (Å²) in [6.45, 7) is 10.7. The van der Waals surface area contributed by atoms with E-state index < -0.39 is 0 Å². The Morgan fingerprint density at radius 3 is 2.15 bits per heavy atom. The summed E-state index contributed by atoms with van der Waals surface area (Å²) in [5.74, 6) is 1.01. The molecule has 20 heavy (non-hydrogen) atoms. The second-order valence-corrected chi connectivity index (χ2v) is 8.66. The van der Waals surface area contributed by atoms with Crippen LogP contribution in [0, 0.1) is 11.3 Å². The van der Waals surface area contributed by atoms with E-state index in [1.54, 1.807) is 0 Å². The minimum atomic E-state index is 0.244. The average molecular weight is 280 g/mol. The minimum Gasteiger partial charge on any atom is -0.311 e. The Balaban J connectivity index is 1.93. The Bertz CT molecular complexity index is 280. The molecule has 0 atom stereocenters. The third-order valence-corrected chi connectivity index (χ3v) is 5.03. The smallest absolute Gasteiger partial charge is 0.00967 e. The highest BCUT2D eigenvalue weighted by atomic mass is 15.1. The Kier molecular flexibility index (Phi) is 5.53. The van der Waals surface area contributed by atoms with Gasteiger partial charge in [-0.1, -0.05) is 25.7 Å². The van der Waals surface area contributed by atoms with Crippen molar-refractivity contribution in [3.63, 3.8) is 0 Å². The van der Waals surface area contributed by atoms with Gasteiger partial charge in [-0.15, -0.1) is 0 Å². The summed E-state index contributed by atoms with van der Waals surface area (Å²) in [6, 6.07) is 0. The Labute approximate surface area is 126 Å². The lowest BCUT2D eigenvalue weighted by molar-refractivity contribution is 0.133. The van der Waals surface area contributed by atoms with Crippen LogP contribution in [0.3, 0.4) is 0 Å². The molecule has 0 radical (unpaired) electrons. The zero-order chi connectivity index (χ0) is 14.6. The van der Waals surface area contributed by atoms with E-state index in [0.29, 0.717) is 5.41 Å². The SMILES string of the molecule is CN(CC1CC1)CC1(CNC(C)(C)C)CCCCCC1. The number of nitrogens with zero attached hydrogens (tertiary/aromatic N) is 1. The lowest BCUT2D eigenvalue weighted by Gasteiger charge is -2.39. The Morgan fingerprint density at radius 1 is 1.05 bits per heavy atom. The molecule has 0 saturated heterocycles. The molecular formula is C18H36N2. The molecule has 2 saturated carbocycles. The molecule has 0 aromatic heterocycles. The van der Waals surface area contributed by atoms with E-state index in [-0.39, 0.29) is 5.54 Å². The van der Waals surface area contributed by atoms with E-state index in [0.717, 1.165) is 5.92 Å². The van der Waals surface area contributed by atoms with Gasteiger partial charge in [0.1, 0.15) is 0 Å². The Morgan fingerprint density at radius 2 is 1.65 bits per heavy atom. The molecule has 0 amide bonds. The Hall–Kier alpha value is -0.0800. The van der Waals surface area contributed by atoms with Gasteiger partial charge >= 0.3 is 0 Å². The first-order valence-corrected chi connectivity index (χ1v) is 8.82. The summed E-state index contributed by atoms with van der Waals surface area (Å²) in [6.07, 6.45) is 11.5. The molecule has 0 aromatic carbocycles. The first kappa shape index (κ1) is 16.3. The first-order chi connectivity index (χ1) is 9.39. The standard InChI is InChI=1S/C18H36N2/c1-17(2,3)19-14-18(11-7-5-6-8-12-18)15-20(4)13-16-9-10-16/h16,19H,5-15H2,1-4H3. The molecule has 2 nitrogen and oxygen atoms in total. The molecule has 0 aromatic rings. The average Bonchev–Trinajstić information content (AvgIpc) is 3.14. The maximum atomic E-state index is 3.81. The van der Waals surface area contributed by atoms with E-state index in [9.17, 15) is 0 Å². The maximum Gasteiger partial charge on any atom is 0.00967 e. The van der Waals surface area contributed by atoms with Gasteiger partial charge in [0.2, 0.25) is 0 Å². The molecule has 2 aliphatic carbocycles. The summed E-state index contributed by atoms with van der Waals surface area (Å²) >= 11 is 0. The van der Waals surface area contributed by atoms with Crippen LogP contribution in [0.1, 0.15) is 72.1 Å². The maximum absolute atomic E-state index is 3.81. The van der Waals surface area contributed by atoms with Crippen molar-refractivity contribution in [1.29, 1.82) is 0 Å². The van der Waals surface area contributed by atoms with Crippen molar-refractivity contribution in [2.75, 3.05) is 26.7 Å². The van der Waals surface area contributed by atoms with Crippen LogP contribution < -0.4 is 5.32 Å². The van der Waals surface area contributed by atoms with Crippen LogP contribution in [0.4, 0.5) is 0 Å². The van der Waals surface area contributed by atoms with Crippen LogP contribution in [0.5, 0.6) is 0 Å². The molecule has 0 bridgehead atoms. The van der Waals surface area contributed by atoms with E-state index in [2.05, 4.69) is 38.0 Å². The fourth-order valence-corrected chi connectivity index (χ4v) is 3.70. The third-order valence-electron chi connectivity index (χ3n) is 5.03. The zero-order valence-electron chi connectivity index (χ0n) is 14.3. The number of hydrogen-bond donors (Lipinski definition) is 1. The van der Waals surface area contributed by atoms with Crippen LogP contribution >= 0.6 is 0 Å². The van der Waals surface area contributed by atoms with E-state index >= 15 is 0 Å². The van der Waals surface area contributed by atoms with E-state index in [4.69, 9.17) is 0 Å². The van der Waals surface area contributed by atoms with Crippen molar-refractivity contribution in [2.24, 2.45) is 11.3 Å². The summed E-state index contributed by atoms with van der Waals surface area (Å²) in [5, 5.41) is 3.81. The van der Waals surface area contributed by atoms with Gasteiger partial charge in [0, 0.05) is 25.2 Å². The summed E-state index contributed by atoms with van der Waals surface area (Å²) in [7, 11) is 2.35. The van der Waals surface area contributed by atoms with Crippen molar-refractivity contribution in [1.82, 2.24) is 10.2 Å². The van der Waals surface area contributed by atoms with Crippen LogP contribution in [0.25, 0.3) is 0 Å². The van der Waals surface area contributed by atoms with Crippen molar-refractivity contribution in [2.45, 2.75) is 77.7 Å². The second-order valence-electron chi connectivity index (χ2n) is 8.66. The lowest BCUT2D eigenvalue weighted by atomic mass is 9.79. The fourth-order valence-electron chi connectivity index (χ4n) is 3.70. The fraction of sp³-hybridized carbons (Fsp3) is 1.00. The highest BCUT2D eigenvalue weighted by molar-refractivity contribution is 4.89. The predicted octanol–water partition coefficient (Wildman–Crippen LogP) is 4.06. The van der Waals surface area contributed by atoms with Crippen LogP contribution in [-0.2, 0) is 0 Å². The normalized spacial score (nSPS) is 23.9.